The molecule has 31 heavy (non-hydrogen) atoms. The van der Waals surface area contributed by atoms with Crippen molar-refractivity contribution in [3.8, 4) is 0 Å². The van der Waals surface area contributed by atoms with Crippen molar-refractivity contribution in [2.45, 2.75) is 57.9 Å². The Kier molecular flexibility index (Phi) is 5.58. The van der Waals surface area contributed by atoms with Crippen LogP contribution in [0.1, 0.15) is 62.0 Å². The third-order valence-electron chi connectivity index (χ3n) is 7.59. The van der Waals surface area contributed by atoms with Crippen LogP contribution >= 0.6 is 0 Å². The second-order valence-corrected chi connectivity index (χ2v) is 9.69. The summed E-state index contributed by atoms with van der Waals surface area (Å²) in [4.78, 5) is 49.8. The normalized spacial score (nSPS) is 27.1. The summed E-state index contributed by atoms with van der Waals surface area (Å²) in [5.41, 5.74) is 1.35. The van der Waals surface area contributed by atoms with Gasteiger partial charge >= 0.3 is 0 Å². The molecule has 3 aliphatic heterocycles. The first-order chi connectivity index (χ1) is 15.0. The van der Waals surface area contributed by atoms with Gasteiger partial charge in [0, 0.05) is 57.0 Å². The summed E-state index contributed by atoms with van der Waals surface area (Å²) in [7, 11) is 0. The first-order valence-corrected chi connectivity index (χ1v) is 11.8. The Bertz CT molecular complexity index is 915. The maximum Gasteiger partial charge on any atom is 0.256 e. The molecule has 0 bridgehead atoms. The summed E-state index contributed by atoms with van der Waals surface area (Å²) in [6.07, 6.45) is 4.84. The van der Waals surface area contributed by atoms with E-state index < -0.39 is 0 Å². The number of carbonyl (C=O) groups excluding carboxylic acids is 2. The van der Waals surface area contributed by atoms with Crippen LogP contribution in [-0.2, 0) is 27.3 Å². The number of hydrogen-bond acceptors (Lipinski definition) is 5. The Balaban J connectivity index is 1.23. The zero-order valence-corrected chi connectivity index (χ0v) is 18.3. The summed E-state index contributed by atoms with van der Waals surface area (Å²) in [5.74, 6) is 2.13. The molecule has 0 radical (unpaired) electrons. The van der Waals surface area contributed by atoms with E-state index in [1.165, 1.54) is 0 Å². The number of piperidine rings is 1. The zero-order valence-electron chi connectivity index (χ0n) is 18.3. The highest BCUT2D eigenvalue weighted by Crippen LogP contribution is 2.40. The zero-order chi connectivity index (χ0) is 21.5. The van der Waals surface area contributed by atoms with E-state index in [-0.39, 0.29) is 29.2 Å². The van der Waals surface area contributed by atoms with Gasteiger partial charge in [-0.1, -0.05) is 6.92 Å². The fourth-order valence-electron chi connectivity index (χ4n) is 5.30. The molecule has 1 aromatic rings. The summed E-state index contributed by atoms with van der Waals surface area (Å²) in [6, 6.07) is 0. The highest BCUT2D eigenvalue weighted by molar-refractivity contribution is 5.81. The second-order valence-electron chi connectivity index (χ2n) is 9.69. The number of amides is 2. The molecule has 4 aliphatic rings. The molecule has 3 fully saturated rings. The van der Waals surface area contributed by atoms with Crippen molar-refractivity contribution in [3.05, 3.63) is 27.4 Å². The average Bonchev–Trinajstić information content (AvgIpc) is 3.55. The SMILES string of the molecule is C[C@@H]1C[C@@H]1C(=O)N1CCC(c2nc3c(c(=O)[nH]2)CN(C(=O)C2CCOCC2)CC3)CC1. The van der Waals surface area contributed by atoms with Crippen molar-refractivity contribution >= 4 is 11.8 Å². The lowest BCUT2D eigenvalue weighted by Gasteiger charge is -2.34. The fraction of sp³-hybridized carbons (Fsp3) is 0.739. The number of likely N-dealkylation sites (tertiary alicyclic amines) is 1. The molecule has 8 heteroatoms. The summed E-state index contributed by atoms with van der Waals surface area (Å²) in [5, 5.41) is 0. The molecule has 168 valence electrons. The number of ether oxygens (including phenoxy) is 1. The van der Waals surface area contributed by atoms with Crippen LogP contribution in [-0.4, -0.2) is 64.4 Å². The predicted octanol–water partition coefficient (Wildman–Crippen LogP) is 1.44. The quantitative estimate of drug-likeness (QED) is 0.786. The lowest BCUT2D eigenvalue weighted by atomic mass is 9.94. The number of nitrogens with zero attached hydrogens (tertiary/aromatic N) is 3. The Hall–Kier alpha value is -2.22. The molecule has 2 saturated heterocycles. The molecule has 8 nitrogen and oxygen atoms in total. The van der Waals surface area contributed by atoms with Gasteiger partial charge in [0.2, 0.25) is 11.8 Å². The molecule has 1 N–H and O–H groups in total. The largest absolute Gasteiger partial charge is 0.381 e. The van der Waals surface area contributed by atoms with Crippen LogP contribution in [0.15, 0.2) is 4.79 Å². The van der Waals surface area contributed by atoms with Gasteiger partial charge in [0.15, 0.2) is 0 Å². The highest BCUT2D eigenvalue weighted by Gasteiger charge is 2.42. The minimum absolute atomic E-state index is 0.00753. The van der Waals surface area contributed by atoms with E-state index in [9.17, 15) is 14.4 Å². The van der Waals surface area contributed by atoms with Crippen LogP contribution < -0.4 is 5.56 Å². The van der Waals surface area contributed by atoms with Crippen LogP contribution in [0.3, 0.4) is 0 Å². The van der Waals surface area contributed by atoms with Crippen molar-refractivity contribution in [2.75, 3.05) is 32.8 Å². The highest BCUT2D eigenvalue weighted by atomic mass is 16.5. The van der Waals surface area contributed by atoms with Crippen molar-refractivity contribution in [2.24, 2.45) is 17.8 Å². The van der Waals surface area contributed by atoms with E-state index in [0.29, 0.717) is 50.1 Å². The monoisotopic (exact) mass is 428 g/mol. The molecular formula is C23H32N4O4. The van der Waals surface area contributed by atoms with E-state index in [4.69, 9.17) is 9.72 Å². The van der Waals surface area contributed by atoms with Gasteiger partial charge < -0.3 is 19.5 Å². The molecule has 0 aromatic carbocycles. The van der Waals surface area contributed by atoms with Gasteiger partial charge in [-0.2, -0.15) is 0 Å². The summed E-state index contributed by atoms with van der Waals surface area (Å²) in [6.45, 7) is 5.84. The van der Waals surface area contributed by atoms with Gasteiger partial charge in [-0.05, 0) is 38.0 Å². The van der Waals surface area contributed by atoms with E-state index >= 15 is 0 Å². The van der Waals surface area contributed by atoms with Crippen LogP contribution in [0.2, 0.25) is 0 Å². The molecule has 4 heterocycles. The minimum Gasteiger partial charge on any atom is -0.381 e. The van der Waals surface area contributed by atoms with Crippen molar-refractivity contribution in [1.29, 1.82) is 0 Å². The topological polar surface area (TPSA) is 95.6 Å². The fourth-order valence-corrected chi connectivity index (χ4v) is 5.30. The first kappa shape index (κ1) is 20.7. The average molecular weight is 429 g/mol. The van der Waals surface area contributed by atoms with Gasteiger partial charge in [0.1, 0.15) is 5.82 Å². The van der Waals surface area contributed by atoms with Gasteiger partial charge in [0.25, 0.3) is 5.56 Å². The number of carbonyl (C=O) groups is 2. The number of aromatic nitrogens is 2. The molecule has 0 unspecified atom stereocenters. The third-order valence-corrected chi connectivity index (χ3v) is 7.59. The Labute approximate surface area is 182 Å². The molecule has 2 atom stereocenters. The molecule has 0 spiro atoms. The molecular weight excluding hydrogens is 396 g/mol. The number of hydrogen-bond donors (Lipinski definition) is 1. The minimum atomic E-state index is -0.116. The number of aromatic amines is 1. The van der Waals surface area contributed by atoms with Crippen molar-refractivity contribution in [3.63, 3.8) is 0 Å². The summed E-state index contributed by atoms with van der Waals surface area (Å²) >= 11 is 0. The van der Waals surface area contributed by atoms with Gasteiger partial charge in [0.05, 0.1) is 17.8 Å². The number of fused-ring (bicyclic) bond motifs is 1. The van der Waals surface area contributed by atoms with E-state index in [1.807, 2.05) is 9.80 Å². The molecule has 5 rings (SSSR count). The van der Waals surface area contributed by atoms with Crippen LogP contribution in [0.5, 0.6) is 0 Å². The predicted molar refractivity (Wildman–Crippen MR) is 113 cm³/mol. The molecule has 1 aliphatic carbocycles. The van der Waals surface area contributed by atoms with Crippen molar-refractivity contribution in [1.82, 2.24) is 19.8 Å². The Morgan fingerprint density at radius 1 is 1.03 bits per heavy atom. The smallest absolute Gasteiger partial charge is 0.256 e. The Morgan fingerprint density at radius 2 is 1.74 bits per heavy atom. The van der Waals surface area contributed by atoms with Gasteiger partial charge in [-0.3, -0.25) is 14.4 Å². The van der Waals surface area contributed by atoms with Crippen LogP contribution in [0, 0.1) is 17.8 Å². The lowest BCUT2D eigenvalue weighted by molar-refractivity contribution is -0.139. The van der Waals surface area contributed by atoms with Gasteiger partial charge in [-0.25, -0.2) is 4.98 Å². The van der Waals surface area contributed by atoms with E-state index in [2.05, 4.69) is 11.9 Å². The number of rotatable bonds is 3. The maximum absolute atomic E-state index is 12.9. The maximum atomic E-state index is 12.9. The van der Waals surface area contributed by atoms with E-state index in [0.717, 1.165) is 56.7 Å². The third kappa shape index (κ3) is 4.14. The standard InChI is InChI=1S/C23H32N4O4/c1-14-12-17(14)23(30)26-7-2-15(3-8-26)20-24-19-4-9-27(13-18(19)21(28)25-20)22(29)16-5-10-31-11-6-16/h14-17H,2-13H2,1H3,(H,24,25,28)/t14-,17+/m1/s1. The summed E-state index contributed by atoms with van der Waals surface area (Å²) < 4.78 is 5.36. The molecule has 2 amide bonds. The van der Waals surface area contributed by atoms with Crippen molar-refractivity contribution < 1.29 is 14.3 Å². The lowest BCUT2D eigenvalue weighted by Crippen LogP contribution is -2.44. The Morgan fingerprint density at radius 3 is 2.42 bits per heavy atom. The van der Waals surface area contributed by atoms with E-state index in [1.54, 1.807) is 0 Å². The van der Waals surface area contributed by atoms with Crippen LogP contribution in [0.4, 0.5) is 0 Å². The first-order valence-electron chi connectivity index (χ1n) is 11.8. The second kappa shape index (κ2) is 8.37. The number of nitrogens with one attached hydrogen (secondary N) is 1. The van der Waals surface area contributed by atoms with Gasteiger partial charge in [-0.15, -0.1) is 0 Å². The molecule has 1 saturated carbocycles. The van der Waals surface area contributed by atoms with Crippen LogP contribution in [0.25, 0.3) is 0 Å². The molecule has 1 aromatic heterocycles. The number of H-pyrrole nitrogens is 1.